The third-order valence-electron chi connectivity index (χ3n) is 6.67. The van der Waals surface area contributed by atoms with E-state index >= 15 is 0 Å². The Bertz CT molecular complexity index is 2260. The number of methoxy groups -OCH3 is 3. The van der Waals surface area contributed by atoms with Gasteiger partial charge in [0.2, 0.25) is 11.8 Å². The van der Waals surface area contributed by atoms with Crippen molar-refractivity contribution in [2.45, 2.75) is 23.0 Å². The summed E-state index contributed by atoms with van der Waals surface area (Å²) < 4.78 is 49.5. The molecule has 292 valence electrons. The van der Waals surface area contributed by atoms with Gasteiger partial charge in [-0.15, -0.1) is 11.8 Å². The number of rotatable bonds is 13. The molecule has 55 heavy (non-hydrogen) atoms. The second-order valence-electron chi connectivity index (χ2n) is 10.1. The SMILES string of the molecule is C.COc1ccc(CSc2cc(Oc3c(Cl)cc([N+](=O)[O-])cc3Cl)ncc2OC)cc1.COc1cnc(Oc2c(Cl)cc([N+](=O)[O-])cc2Cl)cc1S(=O)(=O)Cl. The highest BCUT2D eigenvalue weighted by atomic mass is 35.7. The van der Waals surface area contributed by atoms with Gasteiger partial charge in [0, 0.05) is 52.8 Å². The summed E-state index contributed by atoms with van der Waals surface area (Å²) in [5.74, 6) is 1.96. The van der Waals surface area contributed by atoms with Crippen molar-refractivity contribution in [1.29, 1.82) is 0 Å². The van der Waals surface area contributed by atoms with Gasteiger partial charge in [0.25, 0.3) is 20.4 Å². The number of nitro benzene ring substituents is 2. The van der Waals surface area contributed by atoms with Crippen LogP contribution >= 0.6 is 68.8 Å². The molecule has 0 unspecified atom stereocenters. The maximum Gasteiger partial charge on any atom is 0.272 e. The predicted molar refractivity (Wildman–Crippen MR) is 210 cm³/mol. The first kappa shape index (κ1) is 44.9. The van der Waals surface area contributed by atoms with Crippen molar-refractivity contribution in [3.05, 3.63) is 119 Å². The molecule has 0 fully saturated rings. The van der Waals surface area contributed by atoms with Crippen LogP contribution in [0.4, 0.5) is 11.4 Å². The lowest BCUT2D eigenvalue weighted by atomic mass is 10.2. The summed E-state index contributed by atoms with van der Waals surface area (Å²) in [7, 11) is 5.61. The number of hydrogen-bond acceptors (Lipinski definition) is 14. The van der Waals surface area contributed by atoms with Crippen LogP contribution < -0.4 is 23.7 Å². The van der Waals surface area contributed by atoms with Crippen LogP contribution in [0.2, 0.25) is 20.1 Å². The van der Waals surface area contributed by atoms with Crippen LogP contribution in [0.25, 0.3) is 0 Å². The minimum Gasteiger partial charge on any atom is -0.497 e. The van der Waals surface area contributed by atoms with Gasteiger partial charge in [0.1, 0.15) is 10.6 Å². The smallest absolute Gasteiger partial charge is 0.272 e. The number of hydrogen-bond donors (Lipinski definition) is 0. The molecule has 0 saturated heterocycles. The van der Waals surface area contributed by atoms with Crippen molar-refractivity contribution < 1.29 is 41.9 Å². The monoisotopic (exact) mass is 894 g/mol. The first-order valence-electron chi connectivity index (χ1n) is 14.5. The van der Waals surface area contributed by atoms with E-state index in [1.165, 1.54) is 37.2 Å². The number of non-ortho nitro benzene ring substituents is 2. The van der Waals surface area contributed by atoms with Crippen molar-refractivity contribution in [1.82, 2.24) is 9.97 Å². The number of nitrogens with zero attached hydrogens (tertiary/aromatic N) is 4. The van der Waals surface area contributed by atoms with Crippen LogP contribution in [0.3, 0.4) is 0 Å². The summed E-state index contributed by atoms with van der Waals surface area (Å²) in [6.45, 7) is 0. The summed E-state index contributed by atoms with van der Waals surface area (Å²) >= 11 is 25.6. The van der Waals surface area contributed by atoms with E-state index in [0.29, 0.717) is 11.5 Å². The van der Waals surface area contributed by atoms with Crippen molar-refractivity contribution in [3.63, 3.8) is 0 Å². The number of halogens is 5. The lowest BCUT2D eigenvalue weighted by Crippen LogP contribution is -1.99. The number of nitro groups is 2. The van der Waals surface area contributed by atoms with Crippen molar-refractivity contribution in [3.8, 4) is 40.5 Å². The minimum absolute atomic E-state index is 0. The summed E-state index contributed by atoms with van der Waals surface area (Å²) in [4.78, 5) is 28.9. The Morgan fingerprint density at radius 2 is 1.13 bits per heavy atom. The first-order chi connectivity index (χ1) is 25.5. The largest absolute Gasteiger partial charge is 0.497 e. The number of benzene rings is 3. The van der Waals surface area contributed by atoms with Crippen LogP contribution in [0.15, 0.2) is 82.8 Å². The number of pyridine rings is 2. The third kappa shape index (κ3) is 12.0. The molecule has 0 bridgehead atoms. The standard InChI is InChI=1S/C20H16Cl2N2O5S.C12H7Cl3N2O6S.CH4/c1-27-14-5-3-12(4-6-14)11-30-18-9-19(23-10-17(18)28-2)29-20-15(21)7-13(24(25)26)8-16(20)22;1-22-9-5-16-11(4-10(9)24(15,20)21)23-12-7(13)2-6(17(18)19)3-8(12)14;/h3-10H,11H2,1-2H3;2-5H,1H3;1H4. The molecular formula is C33H27Cl5N4O11S2. The van der Waals surface area contributed by atoms with Crippen LogP contribution in [0.5, 0.6) is 40.5 Å². The van der Waals surface area contributed by atoms with Gasteiger partial charge in [-0.2, -0.15) is 0 Å². The highest BCUT2D eigenvalue weighted by Crippen LogP contribution is 2.42. The quantitative estimate of drug-likeness (QED) is 0.0469. The Hall–Kier alpha value is -4.49. The van der Waals surface area contributed by atoms with Gasteiger partial charge in [-0.25, -0.2) is 18.4 Å². The molecule has 3 aromatic carbocycles. The topological polar surface area (TPSA) is 192 Å². The molecule has 2 heterocycles. The second-order valence-corrected chi connectivity index (χ2v) is 15.3. The Labute approximate surface area is 343 Å². The van der Waals surface area contributed by atoms with E-state index in [4.69, 9.17) is 80.8 Å². The van der Waals surface area contributed by atoms with Gasteiger partial charge >= 0.3 is 0 Å². The maximum absolute atomic E-state index is 11.5. The Balaban J connectivity index is 0.000000297. The van der Waals surface area contributed by atoms with E-state index in [0.717, 1.165) is 40.6 Å². The summed E-state index contributed by atoms with van der Waals surface area (Å²) in [6.07, 6.45) is 2.61. The van der Waals surface area contributed by atoms with Crippen LogP contribution in [-0.2, 0) is 14.8 Å². The lowest BCUT2D eigenvalue weighted by Gasteiger charge is -2.12. The lowest BCUT2D eigenvalue weighted by molar-refractivity contribution is -0.385. The molecule has 0 aliphatic heterocycles. The predicted octanol–water partition coefficient (Wildman–Crippen LogP) is 11.1. The Morgan fingerprint density at radius 3 is 1.53 bits per heavy atom. The van der Waals surface area contributed by atoms with E-state index in [2.05, 4.69) is 9.97 Å². The molecule has 0 radical (unpaired) electrons. The first-order valence-corrected chi connectivity index (χ1v) is 19.3. The molecule has 15 nitrogen and oxygen atoms in total. The summed E-state index contributed by atoms with van der Waals surface area (Å²) in [6, 6.07) is 14.9. The van der Waals surface area contributed by atoms with E-state index in [1.807, 2.05) is 24.3 Å². The zero-order valence-corrected chi connectivity index (χ0v) is 33.0. The molecular weight excluding hydrogens is 870 g/mol. The van der Waals surface area contributed by atoms with Crippen molar-refractivity contribution in [2.24, 2.45) is 0 Å². The van der Waals surface area contributed by atoms with Gasteiger partial charge in [-0.05, 0) is 17.7 Å². The van der Waals surface area contributed by atoms with E-state index in [1.54, 1.807) is 20.3 Å². The van der Waals surface area contributed by atoms with E-state index in [9.17, 15) is 28.6 Å². The van der Waals surface area contributed by atoms with E-state index < -0.39 is 18.9 Å². The summed E-state index contributed by atoms with van der Waals surface area (Å²) in [5.41, 5.74) is 0.545. The second kappa shape index (κ2) is 19.9. The van der Waals surface area contributed by atoms with Crippen molar-refractivity contribution in [2.75, 3.05) is 21.3 Å². The maximum atomic E-state index is 11.5. The Kier molecular flexibility index (Phi) is 16.2. The van der Waals surface area contributed by atoms with E-state index in [-0.39, 0.29) is 72.8 Å². The normalized spacial score (nSPS) is 10.6. The highest BCUT2D eigenvalue weighted by molar-refractivity contribution is 8.13. The molecule has 2 aromatic heterocycles. The fourth-order valence-electron chi connectivity index (χ4n) is 4.13. The van der Waals surface area contributed by atoms with Crippen LogP contribution in [0, 0.1) is 20.2 Å². The number of ether oxygens (including phenoxy) is 5. The van der Waals surface area contributed by atoms with Gasteiger partial charge < -0.3 is 23.7 Å². The molecule has 0 spiro atoms. The molecule has 0 aliphatic carbocycles. The Morgan fingerprint density at radius 1 is 0.691 bits per heavy atom. The van der Waals surface area contributed by atoms with Gasteiger partial charge in [-0.3, -0.25) is 20.2 Å². The number of aromatic nitrogens is 2. The van der Waals surface area contributed by atoms with Gasteiger partial charge in [0.15, 0.2) is 23.0 Å². The summed E-state index contributed by atoms with van der Waals surface area (Å²) in [5, 5.41) is 21.4. The molecule has 5 aromatic rings. The zero-order chi connectivity index (χ0) is 39.7. The fraction of sp³-hybridized carbons (Fsp3) is 0.152. The fourth-order valence-corrected chi connectivity index (χ4v) is 7.19. The molecule has 5 rings (SSSR count). The minimum atomic E-state index is -4.13. The van der Waals surface area contributed by atoms with Crippen molar-refractivity contribution >= 4 is 89.3 Å². The molecule has 22 heteroatoms. The third-order valence-corrected chi connectivity index (χ3v) is 10.2. The van der Waals surface area contributed by atoms with Crippen LogP contribution in [0.1, 0.15) is 13.0 Å². The van der Waals surface area contributed by atoms with Gasteiger partial charge in [0.05, 0.1) is 68.6 Å². The zero-order valence-electron chi connectivity index (χ0n) is 27.6. The molecule has 0 amide bonds. The average Bonchev–Trinajstić information content (AvgIpc) is 3.13. The molecule has 0 atom stereocenters. The molecule has 0 N–H and O–H groups in total. The molecule has 0 saturated carbocycles. The highest BCUT2D eigenvalue weighted by Gasteiger charge is 2.22. The average molecular weight is 897 g/mol. The van der Waals surface area contributed by atoms with Gasteiger partial charge in [-0.1, -0.05) is 66.0 Å². The van der Waals surface area contributed by atoms with Crippen LogP contribution in [-0.4, -0.2) is 49.6 Å². The molecule has 0 aliphatic rings. The number of thioether (sulfide) groups is 1.